The minimum absolute atomic E-state index is 0.140. The summed E-state index contributed by atoms with van der Waals surface area (Å²) in [7, 11) is 0. The first-order valence-electron chi connectivity index (χ1n) is 10.6. The molecule has 1 aliphatic carbocycles. The number of alkyl halides is 3. The van der Waals surface area contributed by atoms with Crippen LogP contribution in [0.2, 0.25) is 0 Å². The van der Waals surface area contributed by atoms with Crippen LogP contribution in [0.3, 0.4) is 0 Å². The van der Waals surface area contributed by atoms with Gasteiger partial charge in [-0.1, -0.05) is 0 Å². The predicted molar refractivity (Wildman–Crippen MR) is 107 cm³/mol. The molecule has 10 heteroatoms. The summed E-state index contributed by atoms with van der Waals surface area (Å²) in [4.78, 5) is 31.2. The number of aliphatic carboxylic acids is 1. The van der Waals surface area contributed by atoms with Crippen molar-refractivity contribution in [2.75, 3.05) is 37.6 Å². The second-order valence-corrected chi connectivity index (χ2v) is 8.41. The highest BCUT2D eigenvalue weighted by molar-refractivity contribution is 5.77. The fraction of sp³-hybridized carbons (Fsp3) is 0.667. The maximum atomic E-state index is 12.6. The van der Waals surface area contributed by atoms with Gasteiger partial charge in [0.05, 0.1) is 6.42 Å². The van der Waals surface area contributed by atoms with Gasteiger partial charge in [-0.05, 0) is 56.7 Å². The molecule has 7 nitrogen and oxygen atoms in total. The zero-order valence-corrected chi connectivity index (χ0v) is 17.3. The van der Waals surface area contributed by atoms with Crippen LogP contribution in [0.1, 0.15) is 38.5 Å². The van der Waals surface area contributed by atoms with E-state index in [1.165, 1.54) is 0 Å². The lowest BCUT2D eigenvalue weighted by molar-refractivity contribution is -0.218. The number of halogens is 3. The van der Waals surface area contributed by atoms with E-state index >= 15 is 0 Å². The molecule has 172 valence electrons. The molecule has 2 heterocycles. The van der Waals surface area contributed by atoms with Crippen LogP contribution in [-0.2, 0) is 14.3 Å². The molecule has 0 amide bonds. The molecule has 0 aromatic carbocycles. The maximum Gasteiger partial charge on any atom is 0.490 e. The third kappa shape index (κ3) is 6.56. The van der Waals surface area contributed by atoms with E-state index in [2.05, 4.69) is 19.5 Å². The first kappa shape index (κ1) is 23.3. The molecule has 1 aliphatic heterocycles. The fourth-order valence-electron chi connectivity index (χ4n) is 4.49. The predicted octanol–water partition coefficient (Wildman–Crippen LogP) is 3.10. The number of rotatable bonds is 7. The number of carboxylic acids is 1. The van der Waals surface area contributed by atoms with E-state index in [0.717, 1.165) is 44.8 Å². The Labute approximate surface area is 179 Å². The summed E-state index contributed by atoms with van der Waals surface area (Å²) in [5.41, 5.74) is -0.407. The molecule has 0 atom stereocenters. The zero-order valence-electron chi connectivity index (χ0n) is 17.3. The van der Waals surface area contributed by atoms with Crippen LogP contribution < -0.4 is 4.90 Å². The number of hydrogen-bond donors (Lipinski definition) is 1. The molecule has 2 fully saturated rings. The Hall–Kier alpha value is -2.36. The molecule has 0 unspecified atom stereocenters. The quantitative estimate of drug-likeness (QED) is 0.649. The van der Waals surface area contributed by atoms with E-state index < -0.39 is 30.1 Å². The second kappa shape index (κ2) is 9.84. The van der Waals surface area contributed by atoms with Crippen molar-refractivity contribution in [2.45, 2.75) is 50.3 Å². The van der Waals surface area contributed by atoms with E-state index in [4.69, 9.17) is 5.11 Å². The van der Waals surface area contributed by atoms with Crippen molar-refractivity contribution in [3.8, 4) is 0 Å². The summed E-state index contributed by atoms with van der Waals surface area (Å²) >= 11 is 0. The summed E-state index contributed by atoms with van der Waals surface area (Å²) in [6, 6.07) is 3.99. The standard InChI is InChI=1S/C21H28F3N3O4/c22-21(23,24)19(30)31-20(15-18(28)29)6-1-16(2-7-20)5-10-26-11-13-27(14-12-26)17-3-8-25-9-4-17/h3-4,8-9,16H,1-2,5-7,10-15H2,(H,28,29)/t16-,20-. The minimum atomic E-state index is -5.12. The normalized spacial score (nSPS) is 25.3. The van der Waals surface area contributed by atoms with E-state index in [1.807, 2.05) is 12.1 Å². The van der Waals surface area contributed by atoms with Gasteiger partial charge in [-0.15, -0.1) is 0 Å². The fourth-order valence-corrected chi connectivity index (χ4v) is 4.49. The number of esters is 1. The molecule has 1 saturated carbocycles. The number of ether oxygens (including phenoxy) is 1. The SMILES string of the molecule is O=C(O)C[C@]1(OC(=O)C(F)(F)F)CC[C@H](CCN2CCN(c3ccncc3)CC2)CC1. The third-order valence-electron chi connectivity index (χ3n) is 6.28. The van der Waals surface area contributed by atoms with Crippen molar-refractivity contribution in [3.63, 3.8) is 0 Å². The average Bonchev–Trinajstić information content (AvgIpc) is 2.73. The van der Waals surface area contributed by atoms with E-state index in [0.29, 0.717) is 12.8 Å². The lowest BCUT2D eigenvalue weighted by atomic mass is 9.75. The van der Waals surface area contributed by atoms with Gasteiger partial charge in [-0.2, -0.15) is 13.2 Å². The molecular weight excluding hydrogens is 415 g/mol. The smallest absolute Gasteiger partial charge is 0.481 e. The minimum Gasteiger partial charge on any atom is -0.481 e. The van der Waals surface area contributed by atoms with Crippen molar-refractivity contribution >= 4 is 17.6 Å². The molecule has 1 N–H and O–H groups in total. The van der Waals surface area contributed by atoms with Crippen molar-refractivity contribution < 1.29 is 32.6 Å². The molecule has 0 bridgehead atoms. The van der Waals surface area contributed by atoms with Gasteiger partial charge in [0, 0.05) is 44.3 Å². The van der Waals surface area contributed by atoms with Gasteiger partial charge in [-0.25, -0.2) is 4.79 Å². The summed E-state index contributed by atoms with van der Waals surface area (Å²) in [5, 5.41) is 9.10. The monoisotopic (exact) mass is 443 g/mol. The molecule has 1 saturated heterocycles. The Morgan fingerprint density at radius 1 is 1.13 bits per heavy atom. The molecule has 1 aromatic rings. The Morgan fingerprint density at radius 3 is 2.29 bits per heavy atom. The van der Waals surface area contributed by atoms with Gasteiger partial charge in [0.2, 0.25) is 0 Å². The molecule has 3 rings (SSSR count). The molecule has 0 radical (unpaired) electrons. The summed E-state index contributed by atoms with van der Waals surface area (Å²) in [6.45, 7) is 4.60. The van der Waals surface area contributed by atoms with Crippen LogP contribution in [-0.4, -0.2) is 71.4 Å². The van der Waals surface area contributed by atoms with Gasteiger partial charge in [0.15, 0.2) is 0 Å². The Balaban J connectivity index is 1.44. The number of carbonyl (C=O) groups is 2. The average molecular weight is 443 g/mol. The van der Waals surface area contributed by atoms with Crippen molar-refractivity contribution in [1.29, 1.82) is 0 Å². The molecule has 1 aromatic heterocycles. The lowest BCUT2D eigenvalue weighted by Crippen LogP contribution is -2.47. The van der Waals surface area contributed by atoms with Gasteiger partial charge >= 0.3 is 18.1 Å². The van der Waals surface area contributed by atoms with E-state index in [-0.39, 0.29) is 18.8 Å². The topological polar surface area (TPSA) is 83.0 Å². The van der Waals surface area contributed by atoms with Gasteiger partial charge in [0.1, 0.15) is 5.60 Å². The summed E-state index contributed by atoms with van der Waals surface area (Å²) in [5.74, 6) is -3.29. The number of hydrogen-bond acceptors (Lipinski definition) is 6. The lowest BCUT2D eigenvalue weighted by Gasteiger charge is -2.40. The number of aromatic nitrogens is 1. The summed E-state index contributed by atoms with van der Waals surface area (Å²) < 4.78 is 42.5. The highest BCUT2D eigenvalue weighted by Crippen LogP contribution is 2.40. The number of carbonyl (C=O) groups excluding carboxylic acids is 1. The van der Waals surface area contributed by atoms with Crippen molar-refractivity contribution in [1.82, 2.24) is 9.88 Å². The van der Waals surface area contributed by atoms with Crippen LogP contribution in [0.4, 0.5) is 18.9 Å². The molecule has 2 aliphatic rings. The van der Waals surface area contributed by atoms with Gasteiger partial charge in [-0.3, -0.25) is 14.7 Å². The number of nitrogens with zero attached hydrogens (tertiary/aromatic N) is 3. The third-order valence-corrected chi connectivity index (χ3v) is 6.28. The number of carboxylic acid groups (broad SMARTS) is 1. The largest absolute Gasteiger partial charge is 0.490 e. The Bertz CT molecular complexity index is 744. The second-order valence-electron chi connectivity index (χ2n) is 8.41. The van der Waals surface area contributed by atoms with E-state index in [9.17, 15) is 22.8 Å². The highest BCUT2D eigenvalue weighted by atomic mass is 19.4. The Morgan fingerprint density at radius 2 is 1.74 bits per heavy atom. The number of anilines is 1. The molecule has 31 heavy (non-hydrogen) atoms. The van der Waals surface area contributed by atoms with Crippen LogP contribution in [0.5, 0.6) is 0 Å². The Kier molecular flexibility index (Phi) is 7.40. The zero-order chi connectivity index (χ0) is 22.5. The van der Waals surface area contributed by atoms with Crippen molar-refractivity contribution in [2.24, 2.45) is 5.92 Å². The highest BCUT2D eigenvalue weighted by Gasteiger charge is 2.48. The number of piperazine rings is 1. The van der Waals surface area contributed by atoms with Crippen molar-refractivity contribution in [3.05, 3.63) is 24.5 Å². The van der Waals surface area contributed by atoms with Crippen LogP contribution in [0.15, 0.2) is 24.5 Å². The maximum absolute atomic E-state index is 12.6. The molecule has 0 spiro atoms. The number of pyridine rings is 1. The summed E-state index contributed by atoms with van der Waals surface area (Å²) in [6.07, 6.45) is 0.112. The van der Waals surface area contributed by atoms with Gasteiger partial charge < -0.3 is 14.7 Å². The van der Waals surface area contributed by atoms with Crippen LogP contribution >= 0.6 is 0 Å². The first-order valence-corrected chi connectivity index (χ1v) is 10.6. The van der Waals surface area contributed by atoms with Crippen LogP contribution in [0.25, 0.3) is 0 Å². The first-order chi connectivity index (χ1) is 14.7. The van der Waals surface area contributed by atoms with Crippen LogP contribution in [0, 0.1) is 5.92 Å². The van der Waals surface area contributed by atoms with Gasteiger partial charge in [0.25, 0.3) is 0 Å². The van der Waals surface area contributed by atoms with E-state index in [1.54, 1.807) is 12.4 Å². The molecular formula is C21H28F3N3O4.